The molecule has 72 valence electrons. The zero-order valence-electron chi connectivity index (χ0n) is 8.49. The van der Waals surface area contributed by atoms with Crippen molar-refractivity contribution >= 4 is 5.69 Å². The Morgan fingerprint density at radius 2 is 1.93 bits per heavy atom. The predicted molar refractivity (Wildman–Crippen MR) is 60.0 cm³/mol. The number of nitrogens with zero attached hydrogens (tertiary/aromatic N) is 1. The second kappa shape index (κ2) is 3.22. The molecule has 0 atom stereocenters. The fourth-order valence-electron chi connectivity index (χ4n) is 1.64. The van der Waals surface area contributed by atoms with Gasteiger partial charge in [0.05, 0.1) is 0 Å². The molecule has 0 aliphatic carbocycles. The Morgan fingerprint density at radius 1 is 1.14 bits per heavy atom. The first-order valence-corrected chi connectivity index (χ1v) is 4.67. The summed E-state index contributed by atoms with van der Waals surface area (Å²) in [5.74, 6) is 0. The highest BCUT2D eigenvalue weighted by atomic mass is 14.9. The van der Waals surface area contributed by atoms with Crippen molar-refractivity contribution in [1.82, 2.24) is 4.57 Å². The first-order chi connectivity index (χ1) is 6.70. The van der Waals surface area contributed by atoms with Crippen molar-refractivity contribution in [2.75, 3.05) is 5.73 Å². The summed E-state index contributed by atoms with van der Waals surface area (Å²) in [6, 6.07) is 10.2. The third-order valence-corrected chi connectivity index (χ3v) is 2.54. The predicted octanol–water partition coefficient (Wildman–Crippen LogP) is 2.58. The number of hydrogen-bond donors (Lipinski definition) is 1. The average Bonchev–Trinajstić information content (AvgIpc) is 2.57. The summed E-state index contributed by atoms with van der Waals surface area (Å²) in [6.45, 7) is 2.03. The molecule has 2 N–H and O–H groups in total. The molecular weight excluding hydrogens is 172 g/mol. The molecular formula is C12H14N2. The summed E-state index contributed by atoms with van der Waals surface area (Å²) >= 11 is 0. The van der Waals surface area contributed by atoms with E-state index in [0.717, 1.165) is 22.5 Å². The molecule has 0 unspecified atom stereocenters. The highest BCUT2D eigenvalue weighted by Gasteiger charge is 2.06. The van der Waals surface area contributed by atoms with Crippen molar-refractivity contribution in [3.05, 3.63) is 42.1 Å². The van der Waals surface area contributed by atoms with E-state index < -0.39 is 0 Å². The van der Waals surface area contributed by atoms with Gasteiger partial charge >= 0.3 is 0 Å². The van der Waals surface area contributed by atoms with Crippen molar-refractivity contribution in [3.8, 4) is 11.3 Å². The zero-order valence-corrected chi connectivity index (χ0v) is 8.49. The zero-order chi connectivity index (χ0) is 10.1. The Hall–Kier alpha value is -1.70. The van der Waals surface area contributed by atoms with Gasteiger partial charge in [-0.15, -0.1) is 0 Å². The van der Waals surface area contributed by atoms with E-state index in [4.69, 9.17) is 5.73 Å². The molecule has 1 aromatic heterocycles. The maximum Gasteiger partial charge on any atom is 0.0498 e. The SMILES string of the molecule is Cc1cccc(-c2cccn2C)c1N. The molecule has 2 aromatic rings. The van der Waals surface area contributed by atoms with Crippen LogP contribution in [-0.2, 0) is 7.05 Å². The van der Waals surface area contributed by atoms with Crippen molar-refractivity contribution in [2.45, 2.75) is 6.92 Å². The quantitative estimate of drug-likeness (QED) is 0.682. The summed E-state index contributed by atoms with van der Waals surface area (Å²) in [7, 11) is 2.02. The first kappa shape index (κ1) is 8.88. The lowest BCUT2D eigenvalue weighted by Gasteiger charge is -2.09. The lowest BCUT2D eigenvalue weighted by molar-refractivity contribution is 0.937. The van der Waals surface area contributed by atoms with Crippen LogP contribution in [0.3, 0.4) is 0 Å². The van der Waals surface area contributed by atoms with Crippen LogP contribution in [0.15, 0.2) is 36.5 Å². The van der Waals surface area contributed by atoms with Crippen LogP contribution in [0.2, 0.25) is 0 Å². The van der Waals surface area contributed by atoms with E-state index in [9.17, 15) is 0 Å². The number of nitrogen functional groups attached to an aromatic ring is 1. The van der Waals surface area contributed by atoms with E-state index in [2.05, 4.69) is 16.7 Å². The number of aromatic nitrogens is 1. The average molecular weight is 186 g/mol. The summed E-state index contributed by atoms with van der Waals surface area (Å²) in [4.78, 5) is 0. The van der Waals surface area contributed by atoms with Gasteiger partial charge in [-0.3, -0.25) is 0 Å². The second-order valence-electron chi connectivity index (χ2n) is 3.54. The Balaban J connectivity index is 2.63. The van der Waals surface area contributed by atoms with E-state index in [1.54, 1.807) is 0 Å². The van der Waals surface area contributed by atoms with Crippen LogP contribution in [0.1, 0.15) is 5.56 Å². The van der Waals surface area contributed by atoms with Gasteiger partial charge in [0.2, 0.25) is 0 Å². The maximum atomic E-state index is 6.03. The third-order valence-electron chi connectivity index (χ3n) is 2.54. The van der Waals surface area contributed by atoms with Crippen LogP contribution in [0, 0.1) is 6.92 Å². The number of rotatable bonds is 1. The van der Waals surface area contributed by atoms with Crippen molar-refractivity contribution in [3.63, 3.8) is 0 Å². The molecule has 0 saturated carbocycles. The van der Waals surface area contributed by atoms with E-state index in [0.29, 0.717) is 0 Å². The van der Waals surface area contributed by atoms with Crippen molar-refractivity contribution < 1.29 is 0 Å². The molecule has 0 spiro atoms. The lowest BCUT2D eigenvalue weighted by Crippen LogP contribution is -1.96. The summed E-state index contributed by atoms with van der Waals surface area (Å²) in [6.07, 6.45) is 2.02. The molecule has 1 heterocycles. The van der Waals surface area contributed by atoms with Gasteiger partial charge in [0.25, 0.3) is 0 Å². The summed E-state index contributed by atoms with van der Waals surface area (Å²) < 4.78 is 2.07. The molecule has 2 rings (SSSR count). The van der Waals surface area contributed by atoms with Gasteiger partial charge in [-0.2, -0.15) is 0 Å². The molecule has 0 bridgehead atoms. The van der Waals surface area contributed by atoms with Crippen molar-refractivity contribution in [2.24, 2.45) is 7.05 Å². The van der Waals surface area contributed by atoms with Crippen LogP contribution in [0.25, 0.3) is 11.3 Å². The van der Waals surface area contributed by atoms with Gasteiger partial charge in [-0.05, 0) is 24.6 Å². The van der Waals surface area contributed by atoms with Crippen LogP contribution in [0.5, 0.6) is 0 Å². The van der Waals surface area contributed by atoms with Gasteiger partial charge in [-0.1, -0.05) is 18.2 Å². The molecule has 0 radical (unpaired) electrons. The number of para-hydroxylation sites is 1. The van der Waals surface area contributed by atoms with E-state index in [-0.39, 0.29) is 0 Å². The molecule has 1 aromatic carbocycles. The monoisotopic (exact) mass is 186 g/mol. The van der Waals surface area contributed by atoms with Crippen LogP contribution >= 0.6 is 0 Å². The standard InChI is InChI=1S/C12H14N2/c1-9-5-3-6-10(12(9)13)11-7-4-8-14(11)2/h3-8H,13H2,1-2H3. The number of nitrogens with two attached hydrogens (primary N) is 1. The molecule has 0 aliphatic rings. The maximum absolute atomic E-state index is 6.03. The minimum absolute atomic E-state index is 0.870. The number of benzene rings is 1. The highest BCUT2D eigenvalue weighted by molar-refractivity contribution is 5.76. The molecule has 2 heteroatoms. The van der Waals surface area contributed by atoms with Gasteiger partial charge in [-0.25, -0.2) is 0 Å². The van der Waals surface area contributed by atoms with Gasteiger partial charge < -0.3 is 10.3 Å². The normalized spacial score (nSPS) is 10.4. The minimum Gasteiger partial charge on any atom is -0.398 e. The lowest BCUT2D eigenvalue weighted by atomic mass is 10.1. The highest BCUT2D eigenvalue weighted by Crippen LogP contribution is 2.27. The van der Waals surface area contributed by atoms with Crippen LogP contribution in [0.4, 0.5) is 5.69 Å². The Kier molecular flexibility index (Phi) is 2.04. The van der Waals surface area contributed by atoms with Gasteiger partial charge in [0.15, 0.2) is 0 Å². The Bertz CT molecular complexity index is 455. The molecule has 2 nitrogen and oxygen atoms in total. The fraction of sp³-hybridized carbons (Fsp3) is 0.167. The summed E-state index contributed by atoms with van der Waals surface area (Å²) in [5.41, 5.74) is 10.3. The van der Waals surface area contributed by atoms with Gasteiger partial charge in [0, 0.05) is 30.2 Å². The molecule has 0 aliphatic heterocycles. The molecule has 0 saturated heterocycles. The fourth-order valence-corrected chi connectivity index (χ4v) is 1.64. The minimum atomic E-state index is 0.870. The largest absolute Gasteiger partial charge is 0.398 e. The van der Waals surface area contributed by atoms with E-state index in [1.807, 2.05) is 38.4 Å². The Labute approximate surface area is 84.0 Å². The van der Waals surface area contributed by atoms with E-state index in [1.165, 1.54) is 0 Å². The third kappa shape index (κ3) is 1.29. The summed E-state index contributed by atoms with van der Waals surface area (Å²) in [5, 5.41) is 0. The van der Waals surface area contributed by atoms with E-state index >= 15 is 0 Å². The topological polar surface area (TPSA) is 30.9 Å². The first-order valence-electron chi connectivity index (χ1n) is 4.67. The smallest absolute Gasteiger partial charge is 0.0498 e. The molecule has 14 heavy (non-hydrogen) atoms. The number of hydrogen-bond acceptors (Lipinski definition) is 1. The van der Waals surface area contributed by atoms with Gasteiger partial charge in [0.1, 0.15) is 0 Å². The Morgan fingerprint density at radius 3 is 2.57 bits per heavy atom. The van der Waals surface area contributed by atoms with Crippen molar-refractivity contribution in [1.29, 1.82) is 0 Å². The number of anilines is 1. The van der Waals surface area contributed by atoms with Crippen LogP contribution < -0.4 is 5.73 Å². The number of aryl methyl sites for hydroxylation is 2. The molecule has 0 fully saturated rings. The van der Waals surface area contributed by atoms with Crippen LogP contribution in [-0.4, -0.2) is 4.57 Å². The second-order valence-corrected chi connectivity index (χ2v) is 3.54. The molecule has 0 amide bonds.